The Kier molecular flexibility index (Phi) is 6.08. The Morgan fingerprint density at radius 3 is 2.30 bits per heavy atom. The number of carbonyl (C=O) groups is 1. The van der Waals surface area contributed by atoms with Crippen LogP contribution in [0.3, 0.4) is 0 Å². The van der Waals surface area contributed by atoms with E-state index in [9.17, 15) is 27.7 Å². The molecule has 0 N–H and O–H groups in total. The third-order valence-electron chi connectivity index (χ3n) is 3.57. The fourth-order valence-electron chi connectivity index (χ4n) is 2.14. The summed E-state index contributed by atoms with van der Waals surface area (Å²) in [6, 6.07) is 6.85. The van der Waals surface area contributed by atoms with Gasteiger partial charge in [-0.1, -0.05) is 35.3 Å². The molecule has 0 fully saturated rings. The van der Waals surface area contributed by atoms with Gasteiger partial charge in [-0.3, -0.25) is 14.9 Å². The van der Waals surface area contributed by atoms with Gasteiger partial charge >= 0.3 is 5.69 Å². The van der Waals surface area contributed by atoms with Crippen LogP contribution in [0, 0.1) is 15.9 Å². The number of hydrogen-bond donors (Lipinski definition) is 0. The zero-order valence-electron chi connectivity index (χ0n) is 14.0. The molecular formula is C16H13Cl2FN2O5S. The first kappa shape index (κ1) is 21.1. The van der Waals surface area contributed by atoms with Gasteiger partial charge in [0.25, 0.3) is 5.91 Å². The Morgan fingerprint density at radius 2 is 1.78 bits per heavy atom. The number of anilines is 1. The summed E-state index contributed by atoms with van der Waals surface area (Å²) in [5.41, 5.74) is -1.71. The number of nitro groups is 1. The quantitative estimate of drug-likeness (QED) is 0.512. The molecule has 7 nitrogen and oxygen atoms in total. The first-order valence-corrected chi connectivity index (χ1v) is 9.70. The minimum atomic E-state index is -4.24. The number of benzene rings is 2. The number of nitro benzene ring substituents is 1. The Hall–Kier alpha value is -2.23. The van der Waals surface area contributed by atoms with E-state index in [1.165, 1.54) is 38.1 Å². The van der Waals surface area contributed by atoms with Crippen molar-refractivity contribution in [3.8, 4) is 0 Å². The van der Waals surface area contributed by atoms with E-state index in [0.717, 1.165) is 0 Å². The van der Waals surface area contributed by atoms with Gasteiger partial charge in [-0.15, -0.1) is 0 Å². The van der Waals surface area contributed by atoms with E-state index in [1.807, 2.05) is 0 Å². The number of rotatable bonds is 5. The van der Waals surface area contributed by atoms with E-state index >= 15 is 0 Å². The smallest absolute Gasteiger partial charge is 0.268 e. The van der Waals surface area contributed by atoms with Crippen LogP contribution < -0.4 is 4.31 Å². The van der Waals surface area contributed by atoms with Gasteiger partial charge in [0, 0.05) is 12.1 Å². The molecule has 2 rings (SSSR count). The summed E-state index contributed by atoms with van der Waals surface area (Å²) in [7, 11) is -4.24. The van der Waals surface area contributed by atoms with Gasteiger partial charge in [0.1, 0.15) is 0 Å². The Labute approximate surface area is 164 Å². The number of carbonyl (C=O) groups excluding carboxylic acids is 1. The lowest BCUT2D eigenvalue weighted by Crippen LogP contribution is -2.41. The number of sulfonamides is 1. The Bertz CT molecular complexity index is 1030. The lowest BCUT2D eigenvalue weighted by atomic mass is 10.1. The average molecular weight is 435 g/mol. The highest BCUT2D eigenvalue weighted by atomic mass is 35.5. The molecule has 11 heteroatoms. The molecule has 2 aromatic carbocycles. The van der Waals surface area contributed by atoms with Crippen molar-refractivity contribution in [1.29, 1.82) is 0 Å². The number of amides is 1. The van der Waals surface area contributed by atoms with Crippen LogP contribution >= 0.6 is 23.2 Å². The van der Waals surface area contributed by atoms with Crippen molar-refractivity contribution in [1.82, 2.24) is 0 Å². The minimum absolute atomic E-state index is 0.0391. The normalized spacial score (nSPS) is 11.5. The van der Waals surface area contributed by atoms with Crippen LogP contribution in [0.5, 0.6) is 0 Å². The molecule has 2 aromatic rings. The standard InChI is InChI=1S/C16H13Cl2FN2O5S/c1-9(2)27(25,26)20(14-6-4-3-5-11(14)17)16(22)10-7-15(21(23)24)13(19)8-12(10)18/h3-9H,1-2H3. The monoisotopic (exact) mass is 434 g/mol. The van der Waals surface area contributed by atoms with E-state index < -0.39 is 48.2 Å². The highest BCUT2D eigenvalue weighted by molar-refractivity contribution is 7.94. The van der Waals surface area contributed by atoms with Crippen LogP contribution in [0.1, 0.15) is 24.2 Å². The lowest BCUT2D eigenvalue weighted by Gasteiger charge is -2.25. The molecule has 0 saturated carbocycles. The van der Waals surface area contributed by atoms with Crippen molar-refractivity contribution >= 4 is 50.5 Å². The maximum atomic E-state index is 13.7. The second-order valence-electron chi connectivity index (χ2n) is 5.66. The summed E-state index contributed by atoms with van der Waals surface area (Å²) in [5.74, 6) is -2.44. The Morgan fingerprint density at radius 1 is 1.19 bits per heavy atom. The molecule has 0 aliphatic carbocycles. The number of halogens is 3. The maximum Gasteiger partial charge on any atom is 0.305 e. The summed E-state index contributed by atoms with van der Waals surface area (Å²) in [4.78, 5) is 22.9. The van der Waals surface area contributed by atoms with Gasteiger partial charge in [-0.2, -0.15) is 4.39 Å². The molecule has 0 unspecified atom stereocenters. The van der Waals surface area contributed by atoms with Crippen LogP contribution in [0.4, 0.5) is 15.8 Å². The second-order valence-corrected chi connectivity index (χ2v) is 8.81. The second kappa shape index (κ2) is 7.79. The summed E-state index contributed by atoms with van der Waals surface area (Å²) in [6.07, 6.45) is 0. The van der Waals surface area contributed by atoms with Gasteiger partial charge < -0.3 is 0 Å². The zero-order chi connectivity index (χ0) is 20.5. The molecule has 0 aliphatic heterocycles. The fraction of sp³-hybridized carbons (Fsp3) is 0.188. The first-order valence-electron chi connectivity index (χ1n) is 7.45. The average Bonchev–Trinajstić information content (AvgIpc) is 2.56. The Balaban J connectivity index is 2.75. The summed E-state index contributed by atoms with van der Waals surface area (Å²) >= 11 is 11.9. The molecule has 0 atom stereocenters. The summed E-state index contributed by atoms with van der Waals surface area (Å²) in [6.45, 7) is 2.70. The fourth-order valence-corrected chi connectivity index (χ4v) is 3.83. The van der Waals surface area contributed by atoms with E-state index in [2.05, 4.69) is 0 Å². The molecule has 0 aromatic heterocycles. The van der Waals surface area contributed by atoms with Gasteiger partial charge in [-0.25, -0.2) is 12.7 Å². The molecule has 0 aliphatic rings. The van der Waals surface area contributed by atoms with Crippen LogP contribution in [-0.4, -0.2) is 24.5 Å². The van der Waals surface area contributed by atoms with Crippen molar-refractivity contribution in [2.45, 2.75) is 19.1 Å². The van der Waals surface area contributed by atoms with Gasteiger partial charge in [0.15, 0.2) is 0 Å². The topological polar surface area (TPSA) is 97.6 Å². The SMILES string of the molecule is CC(C)S(=O)(=O)N(C(=O)c1cc([N+](=O)[O-])c(F)cc1Cl)c1ccccc1Cl. The highest BCUT2D eigenvalue weighted by Crippen LogP contribution is 2.33. The van der Waals surface area contributed by atoms with Crippen molar-refractivity contribution < 1.29 is 22.5 Å². The van der Waals surface area contributed by atoms with Crippen molar-refractivity contribution in [2.75, 3.05) is 4.31 Å². The van der Waals surface area contributed by atoms with E-state index in [1.54, 1.807) is 0 Å². The molecular weight excluding hydrogens is 422 g/mol. The van der Waals surface area contributed by atoms with Crippen LogP contribution in [-0.2, 0) is 10.0 Å². The summed E-state index contributed by atoms with van der Waals surface area (Å²) < 4.78 is 39.7. The van der Waals surface area contributed by atoms with Crippen molar-refractivity contribution in [3.05, 3.63) is 67.9 Å². The highest BCUT2D eigenvalue weighted by Gasteiger charge is 2.36. The number of hydrogen-bond acceptors (Lipinski definition) is 5. The predicted octanol–water partition coefficient (Wildman–Crippen LogP) is 4.43. The number of nitrogens with zero attached hydrogens (tertiary/aromatic N) is 2. The van der Waals surface area contributed by atoms with E-state index in [4.69, 9.17) is 23.2 Å². The maximum absolute atomic E-state index is 13.7. The molecule has 0 bridgehead atoms. The third-order valence-corrected chi connectivity index (χ3v) is 6.26. The molecule has 0 heterocycles. The largest absolute Gasteiger partial charge is 0.305 e. The van der Waals surface area contributed by atoms with Crippen LogP contribution in [0.25, 0.3) is 0 Å². The van der Waals surface area contributed by atoms with Crippen molar-refractivity contribution in [2.24, 2.45) is 0 Å². The van der Waals surface area contributed by atoms with Gasteiger partial charge in [-0.05, 0) is 26.0 Å². The summed E-state index contributed by atoms with van der Waals surface area (Å²) in [5, 5.41) is 9.43. The lowest BCUT2D eigenvalue weighted by molar-refractivity contribution is -0.387. The first-order chi connectivity index (χ1) is 12.5. The van der Waals surface area contributed by atoms with Crippen LogP contribution in [0.15, 0.2) is 36.4 Å². The molecule has 0 saturated heterocycles. The minimum Gasteiger partial charge on any atom is -0.268 e. The molecule has 0 spiro atoms. The third kappa shape index (κ3) is 4.05. The molecule has 1 amide bonds. The number of para-hydroxylation sites is 1. The van der Waals surface area contributed by atoms with Crippen molar-refractivity contribution in [3.63, 3.8) is 0 Å². The molecule has 27 heavy (non-hydrogen) atoms. The van der Waals surface area contributed by atoms with E-state index in [0.29, 0.717) is 16.4 Å². The molecule has 144 valence electrons. The predicted molar refractivity (Wildman–Crippen MR) is 100 cm³/mol. The molecule has 0 radical (unpaired) electrons. The van der Waals surface area contributed by atoms with Gasteiger partial charge in [0.2, 0.25) is 15.8 Å². The zero-order valence-corrected chi connectivity index (χ0v) is 16.3. The van der Waals surface area contributed by atoms with E-state index in [-0.39, 0.29) is 10.7 Å². The van der Waals surface area contributed by atoms with Crippen LogP contribution in [0.2, 0.25) is 10.0 Å². The van der Waals surface area contributed by atoms with Gasteiger partial charge in [0.05, 0.1) is 31.5 Å².